The first-order valence-electron chi connectivity index (χ1n) is 10.3. The molecule has 0 aliphatic heterocycles. The van der Waals surface area contributed by atoms with Gasteiger partial charge in [0.15, 0.2) is 0 Å². The van der Waals surface area contributed by atoms with Crippen LogP contribution in [0.4, 0.5) is 26.3 Å². The van der Waals surface area contributed by atoms with Crippen molar-refractivity contribution in [2.24, 2.45) is 11.8 Å². The molecule has 2 N–H and O–H groups in total. The third-order valence-corrected chi connectivity index (χ3v) is 7.08. The molecule has 4 nitrogen and oxygen atoms in total. The van der Waals surface area contributed by atoms with Crippen molar-refractivity contribution in [3.8, 4) is 0 Å². The molecule has 174 valence electrons. The molecule has 0 aromatic carbocycles. The highest BCUT2D eigenvalue weighted by atomic mass is 32.1. The molecule has 2 aliphatic rings. The summed E-state index contributed by atoms with van der Waals surface area (Å²) < 4.78 is 77.6. The molecule has 11 heteroatoms. The van der Waals surface area contributed by atoms with Crippen LogP contribution < -0.4 is 10.6 Å². The second kappa shape index (κ2) is 9.38. The fourth-order valence-corrected chi connectivity index (χ4v) is 5.14. The predicted molar refractivity (Wildman–Crippen MR) is 103 cm³/mol. The van der Waals surface area contributed by atoms with Gasteiger partial charge in [-0.1, -0.05) is 12.8 Å². The zero-order chi connectivity index (χ0) is 22.8. The molecule has 2 aliphatic carbocycles. The molecular formula is C20H24F6N2O2S. The first-order valence-corrected chi connectivity index (χ1v) is 11.1. The largest absolute Gasteiger partial charge is 0.391 e. The Morgan fingerprint density at radius 3 is 1.48 bits per heavy atom. The number of carbonyl (C=O) groups excluding carboxylic acids is 2. The Hall–Kier alpha value is -1.78. The smallest absolute Gasteiger partial charge is 0.349 e. The molecular weight excluding hydrogens is 446 g/mol. The summed E-state index contributed by atoms with van der Waals surface area (Å²) in [5.74, 6) is -3.97. The maximum absolute atomic E-state index is 12.9. The predicted octanol–water partition coefficient (Wildman–Crippen LogP) is 5.45. The quantitative estimate of drug-likeness (QED) is 0.575. The SMILES string of the molecule is O=C(NC1CCCC(C(F)(F)F)C1)c1ccc(C(=O)NC2CCCC(C(F)(F)F)C2)s1. The highest BCUT2D eigenvalue weighted by molar-refractivity contribution is 7.15. The van der Waals surface area contributed by atoms with Crippen molar-refractivity contribution in [3.05, 3.63) is 21.9 Å². The number of nitrogens with one attached hydrogen (secondary N) is 2. The lowest BCUT2D eigenvalue weighted by Gasteiger charge is -2.31. The summed E-state index contributed by atoms with van der Waals surface area (Å²) in [7, 11) is 0. The second-order valence-corrected chi connectivity index (χ2v) is 9.40. The van der Waals surface area contributed by atoms with Gasteiger partial charge in [-0.25, -0.2) is 0 Å². The van der Waals surface area contributed by atoms with E-state index in [9.17, 15) is 35.9 Å². The lowest BCUT2D eigenvalue weighted by Crippen LogP contribution is -2.41. The Labute approximate surface area is 179 Å². The number of carbonyl (C=O) groups is 2. The van der Waals surface area contributed by atoms with Crippen LogP contribution in [-0.4, -0.2) is 36.3 Å². The average molecular weight is 470 g/mol. The van der Waals surface area contributed by atoms with Crippen molar-refractivity contribution >= 4 is 23.2 Å². The summed E-state index contributed by atoms with van der Waals surface area (Å²) in [5.41, 5.74) is 0. The van der Waals surface area contributed by atoms with E-state index in [0.29, 0.717) is 25.7 Å². The standard InChI is InChI=1S/C20H24F6N2O2S/c21-19(22,23)11-3-1-5-13(9-11)27-17(29)15-7-8-16(31-15)18(30)28-14-6-2-4-12(10-14)20(24,25)26/h7-8,11-14H,1-6,9-10H2,(H,27,29)(H,28,30). The normalized spacial score (nSPS) is 27.5. The van der Waals surface area contributed by atoms with Crippen LogP contribution in [0.2, 0.25) is 0 Å². The van der Waals surface area contributed by atoms with Gasteiger partial charge in [-0.3, -0.25) is 9.59 Å². The summed E-state index contributed by atoms with van der Waals surface area (Å²) in [4.78, 5) is 25.2. The Morgan fingerprint density at radius 2 is 1.13 bits per heavy atom. The average Bonchev–Trinajstić information content (AvgIpc) is 3.18. The molecule has 1 aromatic rings. The van der Waals surface area contributed by atoms with Gasteiger partial charge in [0.05, 0.1) is 21.6 Å². The maximum Gasteiger partial charge on any atom is 0.391 e. The number of rotatable bonds is 4. The van der Waals surface area contributed by atoms with Crippen molar-refractivity contribution < 1.29 is 35.9 Å². The van der Waals surface area contributed by atoms with Gasteiger partial charge in [-0.05, 0) is 50.7 Å². The summed E-state index contributed by atoms with van der Waals surface area (Å²) in [5, 5.41) is 5.22. The van der Waals surface area contributed by atoms with Crippen LogP contribution in [0.5, 0.6) is 0 Å². The summed E-state index contributed by atoms with van der Waals surface area (Å²) in [6.07, 6.45) is -7.17. The summed E-state index contributed by atoms with van der Waals surface area (Å²) >= 11 is 0.870. The molecule has 0 saturated heterocycles. The van der Waals surface area contributed by atoms with Gasteiger partial charge in [0.25, 0.3) is 11.8 Å². The van der Waals surface area contributed by atoms with Crippen LogP contribution in [0.1, 0.15) is 70.7 Å². The molecule has 0 spiro atoms. The van der Waals surface area contributed by atoms with E-state index in [0.717, 1.165) is 11.3 Å². The zero-order valence-electron chi connectivity index (χ0n) is 16.6. The Kier molecular flexibility index (Phi) is 7.22. The third-order valence-electron chi connectivity index (χ3n) is 6.00. The highest BCUT2D eigenvalue weighted by Gasteiger charge is 2.43. The van der Waals surface area contributed by atoms with Gasteiger partial charge in [0.2, 0.25) is 0 Å². The van der Waals surface area contributed by atoms with E-state index in [1.807, 2.05) is 0 Å². The Morgan fingerprint density at radius 1 is 0.742 bits per heavy atom. The maximum atomic E-state index is 12.9. The van der Waals surface area contributed by atoms with Gasteiger partial charge in [-0.2, -0.15) is 26.3 Å². The van der Waals surface area contributed by atoms with E-state index in [4.69, 9.17) is 0 Å². The van der Waals surface area contributed by atoms with Crippen LogP contribution in [0.25, 0.3) is 0 Å². The van der Waals surface area contributed by atoms with E-state index >= 15 is 0 Å². The number of thiophene rings is 1. The van der Waals surface area contributed by atoms with E-state index in [2.05, 4.69) is 10.6 Å². The fraction of sp³-hybridized carbons (Fsp3) is 0.700. The molecule has 2 amide bonds. The number of hydrogen-bond donors (Lipinski definition) is 2. The zero-order valence-corrected chi connectivity index (χ0v) is 17.4. The molecule has 4 atom stereocenters. The number of amides is 2. The van der Waals surface area contributed by atoms with Gasteiger partial charge in [-0.15, -0.1) is 11.3 Å². The third kappa shape index (κ3) is 6.36. The minimum atomic E-state index is -4.29. The van der Waals surface area contributed by atoms with Crippen molar-refractivity contribution in [2.45, 2.75) is 75.8 Å². The molecule has 1 aromatic heterocycles. The van der Waals surface area contributed by atoms with E-state index < -0.39 is 48.1 Å². The van der Waals surface area contributed by atoms with Gasteiger partial charge in [0.1, 0.15) is 0 Å². The first kappa shape index (κ1) is 23.9. The van der Waals surface area contributed by atoms with Crippen molar-refractivity contribution in [3.63, 3.8) is 0 Å². The lowest BCUT2D eigenvalue weighted by atomic mass is 9.85. The first-order chi connectivity index (χ1) is 14.4. The monoisotopic (exact) mass is 470 g/mol. The lowest BCUT2D eigenvalue weighted by molar-refractivity contribution is -0.184. The van der Waals surface area contributed by atoms with Crippen LogP contribution in [0, 0.1) is 11.8 Å². The minimum Gasteiger partial charge on any atom is -0.349 e. The van der Waals surface area contributed by atoms with Gasteiger partial charge < -0.3 is 10.6 Å². The molecule has 2 fully saturated rings. The van der Waals surface area contributed by atoms with Crippen molar-refractivity contribution in [2.75, 3.05) is 0 Å². The van der Waals surface area contributed by atoms with E-state index in [-0.39, 0.29) is 35.4 Å². The Bertz CT molecular complexity index is 729. The van der Waals surface area contributed by atoms with Crippen molar-refractivity contribution in [1.82, 2.24) is 10.6 Å². The van der Waals surface area contributed by atoms with Crippen molar-refractivity contribution in [1.29, 1.82) is 0 Å². The van der Waals surface area contributed by atoms with Crippen LogP contribution in [0.15, 0.2) is 12.1 Å². The molecule has 0 radical (unpaired) electrons. The second-order valence-electron chi connectivity index (χ2n) is 8.31. The summed E-state index contributed by atoms with van der Waals surface area (Å²) in [6, 6.07) is 1.62. The number of alkyl halides is 6. The van der Waals surface area contributed by atoms with Gasteiger partial charge >= 0.3 is 12.4 Å². The Balaban J connectivity index is 1.54. The van der Waals surface area contributed by atoms with Crippen LogP contribution in [0.3, 0.4) is 0 Å². The molecule has 4 unspecified atom stereocenters. The summed E-state index contributed by atoms with van der Waals surface area (Å²) in [6.45, 7) is 0. The fourth-order valence-electron chi connectivity index (χ4n) is 4.33. The van der Waals surface area contributed by atoms with E-state index in [1.54, 1.807) is 0 Å². The van der Waals surface area contributed by atoms with E-state index in [1.165, 1.54) is 12.1 Å². The molecule has 2 saturated carbocycles. The number of hydrogen-bond acceptors (Lipinski definition) is 3. The number of halogens is 6. The minimum absolute atomic E-state index is 0.0511. The molecule has 31 heavy (non-hydrogen) atoms. The molecule has 0 bridgehead atoms. The van der Waals surface area contributed by atoms with Gasteiger partial charge in [0, 0.05) is 12.1 Å². The highest BCUT2D eigenvalue weighted by Crippen LogP contribution is 2.38. The molecule has 3 rings (SSSR count). The molecule has 1 heterocycles. The van der Waals surface area contributed by atoms with Crippen LogP contribution >= 0.6 is 11.3 Å². The van der Waals surface area contributed by atoms with Crippen LogP contribution in [-0.2, 0) is 0 Å². The topological polar surface area (TPSA) is 58.2 Å².